The Labute approximate surface area is 748 Å². The summed E-state index contributed by atoms with van der Waals surface area (Å²) in [4.78, 5) is 32.1. The summed E-state index contributed by atoms with van der Waals surface area (Å²) in [5.74, 6) is -10.1. The summed E-state index contributed by atoms with van der Waals surface area (Å²) >= 11 is 0. The van der Waals surface area contributed by atoms with Crippen LogP contribution < -0.4 is 4.74 Å². The number of rotatable bonds is 4. The number of nitrogens with zero attached hydrogens (tertiary/aromatic N) is 11. The lowest BCUT2D eigenvalue weighted by Crippen LogP contribution is -2.62. The van der Waals surface area contributed by atoms with Gasteiger partial charge in [0.25, 0.3) is 17.8 Å². The topological polar surface area (TPSA) is 83.5 Å². The molecule has 2 unspecified atom stereocenters. The normalized spacial score (nSPS) is 21.9. The van der Waals surface area contributed by atoms with Crippen molar-refractivity contribution in [3.8, 4) is 6.01 Å². The van der Waals surface area contributed by atoms with Gasteiger partial charge >= 0.3 is 6.01 Å². The number of halogens is 11. The van der Waals surface area contributed by atoms with Crippen molar-refractivity contribution in [1.82, 2.24) is 54.2 Å². The highest BCUT2D eigenvalue weighted by Crippen LogP contribution is 2.40. The van der Waals surface area contributed by atoms with Crippen molar-refractivity contribution in [2.75, 3.05) is 98.7 Å². The summed E-state index contributed by atoms with van der Waals surface area (Å²) in [6.07, 6.45) is 15.0. The van der Waals surface area contributed by atoms with Crippen LogP contribution in [0.5, 0.6) is 6.01 Å². The average molecular weight is 1770 g/mol. The predicted molar refractivity (Wildman–Crippen MR) is 504 cm³/mol. The van der Waals surface area contributed by atoms with E-state index in [1.165, 1.54) is 38.1 Å². The third-order valence-corrected chi connectivity index (χ3v) is 23.7. The molecule has 0 amide bonds. The Morgan fingerprint density at radius 1 is 0.333 bits per heavy atom. The lowest BCUT2D eigenvalue weighted by Gasteiger charge is -2.49. The van der Waals surface area contributed by atoms with E-state index >= 15 is 0 Å². The molecule has 7 aliphatic heterocycles. The van der Waals surface area contributed by atoms with E-state index in [0.29, 0.717) is 75.2 Å². The summed E-state index contributed by atoms with van der Waals surface area (Å²) in [7, 11) is 1.56. The molecule has 7 aliphatic rings. The molecule has 0 bridgehead atoms. The first-order valence-corrected chi connectivity index (χ1v) is 44.3. The molecule has 726 valence electrons. The molecule has 2 atom stereocenters. The van der Waals surface area contributed by atoms with Gasteiger partial charge in [-0.2, -0.15) is 0 Å². The van der Waals surface area contributed by atoms with Crippen molar-refractivity contribution in [3.05, 3.63) is 77.1 Å². The Balaban J connectivity index is -0.00000130. The van der Waals surface area contributed by atoms with Gasteiger partial charge in [-0.05, 0) is 310 Å². The van der Waals surface area contributed by atoms with Gasteiger partial charge in [-0.25, -0.2) is 68.2 Å². The number of alkyl halides is 11. The molecule has 0 saturated carbocycles. The van der Waals surface area contributed by atoms with Gasteiger partial charge in [0, 0.05) is 139 Å². The predicted octanol–water partition coefficient (Wildman–Crippen LogP) is 27.5. The van der Waals surface area contributed by atoms with E-state index in [1.807, 2.05) is 40.1 Å². The largest absolute Gasteiger partial charge is 0.467 e. The maximum Gasteiger partial charge on any atom is 0.316 e. The molecule has 2 aromatic heterocycles. The molecule has 3 aromatic rings. The Kier molecular flexibility index (Phi) is 47.4. The number of methoxy groups -OCH3 is 1. The second-order valence-corrected chi connectivity index (χ2v) is 47.0. The Morgan fingerprint density at radius 2 is 0.642 bits per heavy atom. The van der Waals surface area contributed by atoms with Crippen LogP contribution in [0.1, 0.15) is 371 Å². The number of hydrogen-bond acceptors (Lipinski definition) is 12. The number of ether oxygens (including phenoxy) is 1. The Hall–Kier alpha value is -3.87. The molecule has 0 aliphatic carbocycles. The first kappa shape index (κ1) is 123. The number of piperidine rings is 4. The molecular weight excluding hydrogens is 1580 g/mol. The molecule has 9 heterocycles. The fraction of sp³-hybridized carbons (Fsp3) is 0.860. The van der Waals surface area contributed by atoms with Crippen LogP contribution in [-0.4, -0.2) is 227 Å². The second-order valence-electron chi connectivity index (χ2n) is 47.0. The minimum Gasteiger partial charge on any atom is -0.467 e. The monoisotopic (exact) mass is 1770 g/mol. The Morgan fingerprint density at radius 3 is 0.911 bits per heavy atom. The minimum atomic E-state index is -2.74. The van der Waals surface area contributed by atoms with Crippen molar-refractivity contribution < 1.29 is 53.0 Å². The third kappa shape index (κ3) is 48.6. The van der Waals surface area contributed by atoms with E-state index in [9.17, 15) is 48.3 Å². The van der Waals surface area contributed by atoms with Crippen LogP contribution in [0.25, 0.3) is 0 Å². The fourth-order valence-electron chi connectivity index (χ4n) is 13.9. The summed E-state index contributed by atoms with van der Waals surface area (Å²) in [6.45, 7) is 88.5. The average Bonchev–Trinajstić information content (AvgIpc) is 1.19. The highest BCUT2D eigenvalue weighted by molar-refractivity contribution is 5.29. The maximum atomic E-state index is 13.6. The fourth-order valence-corrected chi connectivity index (χ4v) is 13.9. The van der Waals surface area contributed by atoms with Gasteiger partial charge in [0.2, 0.25) is 5.92 Å². The third-order valence-electron chi connectivity index (χ3n) is 23.7. The quantitative estimate of drug-likeness (QED) is 0.233. The van der Waals surface area contributed by atoms with Crippen molar-refractivity contribution in [1.29, 1.82) is 0 Å². The van der Waals surface area contributed by atoms with Gasteiger partial charge in [-0.15, -0.1) is 0 Å². The zero-order valence-corrected chi connectivity index (χ0v) is 83.5. The smallest absolute Gasteiger partial charge is 0.316 e. The van der Waals surface area contributed by atoms with Gasteiger partial charge in [0.05, 0.1) is 20.2 Å². The summed E-state index contributed by atoms with van der Waals surface area (Å²) < 4.78 is 147. The molecule has 0 spiro atoms. The SMILES string of the molecule is C.C.C.CC(C)(C)N1CC(F)(F)C1.CC(C)(C)c1ccc(C(C)(F)F)cc1.CC(F)(F)C1CCN(C(C)(C)C)CC1.CC(F)(F)C1CN(C(C)(C)C)C1.CC1(C)CCN(C(C)(C)C)CC1.CC1(F)CCCN(C(C)(C)C)C1.CC1(F)CCN(C(C)(C)C)C1.CC1(F)CCN(C(C)(C)C)CC1.COc1ncc(C(C)(C)C)cn1.Cc1cnc(C(C)(C)C)nc1. The van der Waals surface area contributed by atoms with E-state index < -0.39 is 52.5 Å². The van der Waals surface area contributed by atoms with Crippen LogP contribution in [0.15, 0.2) is 49.1 Å². The van der Waals surface area contributed by atoms with Gasteiger partial charge in [0.1, 0.15) is 22.8 Å². The summed E-state index contributed by atoms with van der Waals surface area (Å²) in [5.41, 5.74) is 2.20. The first-order valence-electron chi connectivity index (χ1n) is 44.3. The molecule has 0 radical (unpaired) electrons. The molecule has 7 saturated heterocycles. The van der Waals surface area contributed by atoms with E-state index in [2.05, 4.69) is 250 Å². The highest BCUT2D eigenvalue weighted by atomic mass is 19.3. The number of benzene rings is 1. The van der Waals surface area contributed by atoms with Crippen LogP contribution in [-0.2, 0) is 22.2 Å². The van der Waals surface area contributed by atoms with Crippen molar-refractivity contribution in [2.45, 2.75) is 446 Å². The first-order chi connectivity index (χ1) is 53.2. The number of likely N-dealkylation sites (tertiary alicyclic amines) is 7. The van der Waals surface area contributed by atoms with Gasteiger partial charge in [-0.3, -0.25) is 34.3 Å². The number of aryl methyl sites for hydroxylation is 1. The van der Waals surface area contributed by atoms with Gasteiger partial charge in [0.15, 0.2) is 0 Å². The molecule has 0 N–H and O–H groups in total. The lowest BCUT2D eigenvalue weighted by atomic mass is 9.81. The highest BCUT2D eigenvalue weighted by Gasteiger charge is 2.49. The van der Waals surface area contributed by atoms with Gasteiger partial charge < -0.3 is 4.74 Å². The molecular formula is C100H188F11N11O. The van der Waals surface area contributed by atoms with Gasteiger partial charge in [-0.1, -0.05) is 123 Å². The molecule has 1 aromatic carbocycles. The van der Waals surface area contributed by atoms with Crippen molar-refractivity contribution in [2.24, 2.45) is 17.3 Å². The maximum absolute atomic E-state index is 13.6. The molecule has 7 fully saturated rings. The van der Waals surface area contributed by atoms with Crippen molar-refractivity contribution >= 4 is 0 Å². The number of hydrogen-bond donors (Lipinski definition) is 0. The minimum absolute atomic E-state index is 0. The Bertz CT molecular complexity index is 3210. The lowest BCUT2D eigenvalue weighted by molar-refractivity contribution is -0.160. The molecule has 10 rings (SSSR count). The van der Waals surface area contributed by atoms with Crippen LogP contribution in [0, 0.1) is 24.2 Å². The summed E-state index contributed by atoms with van der Waals surface area (Å²) in [5, 5.41) is 0. The zero-order chi connectivity index (χ0) is 94.1. The van der Waals surface area contributed by atoms with E-state index in [-0.39, 0.29) is 90.4 Å². The van der Waals surface area contributed by atoms with E-state index in [0.717, 1.165) is 95.4 Å². The standard InChI is InChI=1S/C12H16F2.C11H21F2N.C11H23N.2C10H20FN.C9H17F2N.C9H18FN.C9H14N2O.C9H14N2.C7H13F2N.3CH4/c1-11(2,3)9-5-7-10(8-6-9)12(4,13)14;1-10(2,3)14-7-5-9(6-8-14)11(4,12)13;1-10(2,3)12-8-6-11(4,5)7-9-12;1-9(2,3)12-7-5-10(4,11)6-8-12;1-9(2,3)12-7-5-6-10(4,11)8-12;1-8(2,3)12-5-7(6-12)9(4,10)11;1-8(2,3)11-6-5-9(4,10)7-11;1-9(2,3)7-5-10-8(12-4)11-6-7;1-7-5-10-8(11-6-7)9(2,3)4;1-6(2,3)10-4-7(8,9)5-10;;;/h5-8H,1-4H3;9H,5-8H2,1-4H3;6-9H2,1-5H3;2*5-8H2,1-4H3;7H,5-6H2,1-4H3;5-7H2,1-4H3;5-6H,1-4H3;5-6H,1-4H3;4-5H2,1-3H3;3*1H4. The second kappa shape index (κ2) is 47.3. The van der Waals surface area contributed by atoms with Crippen LogP contribution >= 0.6 is 0 Å². The van der Waals surface area contributed by atoms with Crippen LogP contribution in [0.4, 0.5) is 48.3 Å². The molecule has 123 heavy (non-hydrogen) atoms. The van der Waals surface area contributed by atoms with Crippen LogP contribution in [0.3, 0.4) is 0 Å². The zero-order valence-electron chi connectivity index (χ0n) is 83.5. The molecule has 23 heteroatoms. The van der Waals surface area contributed by atoms with E-state index in [1.54, 1.807) is 57.3 Å². The summed E-state index contributed by atoms with van der Waals surface area (Å²) in [6, 6.07) is 6.96. The van der Waals surface area contributed by atoms with E-state index in [4.69, 9.17) is 4.74 Å². The van der Waals surface area contributed by atoms with Crippen LogP contribution in [0.2, 0.25) is 0 Å². The van der Waals surface area contributed by atoms with Crippen molar-refractivity contribution in [3.63, 3.8) is 0 Å². The molecule has 12 nitrogen and oxygen atoms in total. The number of aromatic nitrogens is 4.